The summed E-state index contributed by atoms with van der Waals surface area (Å²) < 4.78 is 0. The van der Waals surface area contributed by atoms with Crippen molar-refractivity contribution in [2.75, 3.05) is 10.6 Å². The molecule has 0 spiro atoms. The fourth-order valence-electron chi connectivity index (χ4n) is 4.03. The van der Waals surface area contributed by atoms with E-state index in [2.05, 4.69) is 46.8 Å². The minimum Gasteiger partial charge on any atom is -0.373 e. The summed E-state index contributed by atoms with van der Waals surface area (Å²) in [5.41, 5.74) is 4.80. The Morgan fingerprint density at radius 1 is 0.812 bits per heavy atom. The number of rotatable bonds is 7. The van der Waals surface area contributed by atoms with Crippen LogP contribution in [0.3, 0.4) is 0 Å². The van der Waals surface area contributed by atoms with Gasteiger partial charge < -0.3 is 15.6 Å². The van der Waals surface area contributed by atoms with E-state index in [0.29, 0.717) is 17.8 Å². The number of aromatic nitrogens is 1. The Morgan fingerprint density at radius 2 is 1.50 bits per heavy atom. The molecule has 158 valence electrons. The van der Waals surface area contributed by atoms with Crippen molar-refractivity contribution in [2.45, 2.75) is 19.4 Å². The van der Waals surface area contributed by atoms with Gasteiger partial charge in [-0.2, -0.15) is 0 Å². The molecule has 3 N–H and O–H groups in total. The van der Waals surface area contributed by atoms with E-state index in [0.717, 1.165) is 27.7 Å². The highest BCUT2D eigenvalue weighted by molar-refractivity contribution is 5.95. The number of hydrogen-bond acceptors (Lipinski definition) is 4. The molecule has 0 saturated heterocycles. The van der Waals surface area contributed by atoms with Gasteiger partial charge in [-0.15, -0.1) is 0 Å². The van der Waals surface area contributed by atoms with Crippen molar-refractivity contribution >= 4 is 28.0 Å². The fourth-order valence-corrected chi connectivity index (χ4v) is 4.03. The number of para-hydroxylation sites is 1. The molecule has 1 unspecified atom stereocenters. The van der Waals surface area contributed by atoms with E-state index in [9.17, 15) is 9.59 Å². The van der Waals surface area contributed by atoms with Crippen molar-refractivity contribution in [1.29, 1.82) is 0 Å². The first-order valence-corrected chi connectivity index (χ1v) is 10.6. The fraction of sp³-hybridized carbons (Fsp3) is 0.111. The van der Waals surface area contributed by atoms with Crippen molar-refractivity contribution in [3.8, 4) is 0 Å². The van der Waals surface area contributed by atoms with E-state index in [4.69, 9.17) is 0 Å². The van der Waals surface area contributed by atoms with Gasteiger partial charge in [-0.1, -0.05) is 78.4 Å². The van der Waals surface area contributed by atoms with Crippen LogP contribution >= 0.6 is 0 Å². The molecular weight excluding hydrogens is 398 g/mol. The highest BCUT2D eigenvalue weighted by Crippen LogP contribution is 2.30. The number of nitrogens with one attached hydrogen (secondary N) is 3. The van der Waals surface area contributed by atoms with Gasteiger partial charge in [0.15, 0.2) is 0 Å². The zero-order valence-electron chi connectivity index (χ0n) is 17.7. The van der Waals surface area contributed by atoms with Gasteiger partial charge >= 0.3 is 0 Å². The number of benzene rings is 3. The molecule has 0 aliphatic heterocycles. The second kappa shape index (κ2) is 8.19. The van der Waals surface area contributed by atoms with Crippen molar-refractivity contribution in [2.24, 2.45) is 0 Å². The van der Waals surface area contributed by atoms with E-state index >= 15 is 0 Å². The van der Waals surface area contributed by atoms with Crippen LogP contribution in [0.15, 0.2) is 94.6 Å². The Kier molecular flexibility index (Phi) is 5.07. The quantitative estimate of drug-likeness (QED) is 0.315. The minimum atomic E-state index is -0.500. The lowest BCUT2D eigenvalue weighted by atomic mass is 9.97. The monoisotopic (exact) mass is 421 g/mol. The first-order chi connectivity index (χ1) is 15.6. The molecule has 0 bridgehead atoms. The first kappa shape index (κ1) is 19.8. The first-order valence-electron chi connectivity index (χ1n) is 10.6. The summed E-state index contributed by atoms with van der Waals surface area (Å²) in [6.07, 6.45) is 2.50. The van der Waals surface area contributed by atoms with Crippen molar-refractivity contribution in [3.63, 3.8) is 0 Å². The lowest BCUT2D eigenvalue weighted by molar-refractivity contribution is 0.773. The smallest absolute Gasteiger partial charge is 0.253 e. The molecule has 0 aliphatic carbocycles. The van der Waals surface area contributed by atoms with Crippen LogP contribution in [0.5, 0.6) is 0 Å². The third-order valence-electron chi connectivity index (χ3n) is 5.84. The third kappa shape index (κ3) is 3.69. The number of H-pyrrole nitrogens is 1. The molecule has 0 aliphatic rings. The van der Waals surface area contributed by atoms with Gasteiger partial charge in [-0.05, 0) is 30.5 Å². The molecule has 5 aromatic rings. The summed E-state index contributed by atoms with van der Waals surface area (Å²) in [7, 11) is 0. The van der Waals surface area contributed by atoms with Gasteiger partial charge in [0.25, 0.3) is 10.9 Å². The number of anilines is 3. The molecule has 0 fully saturated rings. The van der Waals surface area contributed by atoms with Gasteiger partial charge in [0.2, 0.25) is 0 Å². The van der Waals surface area contributed by atoms with E-state index in [1.807, 2.05) is 60.8 Å². The Bertz CT molecular complexity index is 1440. The summed E-state index contributed by atoms with van der Waals surface area (Å²) in [5.74, 6) is 0. The summed E-state index contributed by atoms with van der Waals surface area (Å²) in [6.45, 7) is 2.06. The molecule has 1 aromatic heterocycles. The maximum atomic E-state index is 12.5. The van der Waals surface area contributed by atoms with Gasteiger partial charge in [-0.25, -0.2) is 0 Å². The SMILES string of the molecule is Cc1ccc(CC(Nc2c(Nc3c[nH]c4ccccc34)c(=O)c2=O)c2ccccc2)cc1. The minimum absolute atomic E-state index is 0.147. The maximum absolute atomic E-state index is 12.5. The molecule has 5 nitrogen and oxygen atoms in total. The Morgan fingerprint density at radius 3 is 2.28 bits per heavy atom. The molecule has 5 heteroatoms. The van der Waals surface area contributed by atoms with Crippen LogP contribution in [0.1, 0.15) is 22.7 Å². The molecule has 0 saturated carbocycles. The Balaban J connectivity index is 1.46. The predicted octanol–water partition coefficient (Wildman–Crippen LogP) is 5.21. The highest BCUT2D eigenvalue weighted by Gasteiger charge is 2.25. The van der Waals surface area contributed by atoms with E-state index in [1.165, 1.54) is 5.56 Å². The van der Waals surface area contributed by atoms with Gasteiger partial charge in [0, 0.05) is 17.1 Å². The van der Waals surface area contributed by atoms with Gasteiger partial charge in [-0.3, -0.25) is 9.59 Å². The Hall–Kier alpha value is -4.12. The zero-order chi connectivity index (χ0) is 22.1. The van der Waals surface area contributed by atoms with Gasteiger partial charge in [0.1, 0.15) is 11.4 Å². The third-order valence-corrected chi connectivity index (χ3v) is 5.84. The highest BCUT2D eigenvalue weighted by atomic mass is 16.2. The standard InChI is InChI=1S/C27H23N3O2/c1-17-11-13-18(14-12-17)15-22(19-7-3-2-4-8-19)29-24-25(27(32)26(24)31)30-23-16-28-21-10-6-5-9-20(21)23/h2-14,16,22,28-30H,15H2,1H3. The summed E-state index contributed by atoms with van der Waals surface area (Å²) >= 11 is 0. The lowest BCUT2D eigenvalue weighted by Gasteiger charge is -2.23. The molecule has 5 rings (SSSR count). The molecular formula is C27H23N3O2. The van der Waals surface area contributed by atoms with Crippen LogP contribution in [-0.4, -0.2) is 4.98 Å². The summed E-state index contributed by atoms with van der Waals surface area (Å²) in [6, 6.07) is 26.0. The molecule has 32 heavy (non-hydrogen) atoms. The number of hydrogen-bond donors (Lipinski definition) is 3. The molecule has 1 atom stereocenters. The number of fused-ring (bicyclic) bond motifs is 1. The molecule has 4 aromatic carbocycles. The normalized spacial score (nSPS) is 12.2. The van der Waals surface area contributed by atoms with Crippen LogP contribution in [-0.2, 0) is 6.42 Å². The number of aromatic amines is 1. The van der Waals surface area contributed by atoms with Gasteiger partial charge in [0.05, 0.1) is 11.7 Å². The van der Waals surface area contributed by atoms with Crippen molar-refractivity contribution in [3.05, 3.63) is 122 Å². The topological polar surface area (TPSA) is 74.0 Å². The number of aryl methyl sites for hydroxylation is 1. The van der Waals surface area contributed by atoms with E-state index < -0.39 is 10.9 Å². The largest absolute Gasteiger partial charge is 0.373 e. The summed E-state index contributed by atoms with van der Waals surface area (Å²) in [5, 5.41) is 7.50. The van der Waals surface area contributed by atoms with Crippen LogP contribution in [0.25, 0.3) is 10.9 Å². The average Bonchev–Trinajstić information content (AvgIpc) is 3.25. The maximum Gasteiger partial charge on any atom is 0.253 e. The zero-order valence-corrected chi connectivity index (χ0v) is 17.7. The molecule has 1 heterocycles. The average molecular weight is 422 g/mol. The van der Waals surface area contributed by atoms with Crippen LogP contribution < -0.4 is 21.5 Å². The van der Waals surface area contributed by atoms with E-state index in [1.54, 1.807) is 0 Å². The van der Waals surface area contributed by atoms with Crippen LogP contribution in [0, 0.1) is 6.92 Å². The van der Waals surface area contributed by atoms with Crippen molar-refractivity contribution < 1.29 is 0 Å². The molecule has 0 amide bonds. The van der Waals surface area contributed by atoms with E-state index in [-0.39, 0.29) is 6.04 Å². The van der Waals surface area contributed by atoms with Crippen LogP contribution in [0.2, 0.25) is 0 Å². The van der Waals surface area contributed by atoms with Crippen LogP contribution in [0.4, 0.5) is 17.1 Å². The second-order valence-electron chi connectivity index (χ2n) is 8.08. The molecule has 0 radical (unpaired) electrons. The van der Waals surface area contributed by atoms with Crippen molar-refractivity contribution in [1.82, 2.24) is 4.98 Å². The second-order valence-corrected chi connectivity index (χ2v) is 8.08. The lowest BCUT2D eigenvalue weighted by Crippen LogP contribution is -2.37. The predicted molar refractivity (Wildman–Crippen MR) is 131 cm³/mol. The summed E-state index contributed by atoms with van der Waals surface area (Å²) in [4.78, 5) is 28.1. The Labute approximate surface area is 185 Å².